The van der Waals surface area contributed by atoms with Gasteiger partial charge in [0.15, 0.2) is 0 Å². The molecule has 5 aromatic carbocycles. The second-order valence-electron chi connectivity index (χ2n) is 11.6. The van der Waals surface area contributed by atoms with Crippen molar-refractivity contribution in [2.75, 3.05) is 15.6 Å². The van der Waals surface area contributed by atoms with Gasteiger partial charge in [0.05, 0.1) is 49.2 Å². The summed E-state index contributed by atoms with van der Waals surface area (Å²) in [6.45, 7) is 0. The van der Waals surface area contributed by atoms with E-state index in [-0.39, 0.29) is 22.9 Å². The molecular formula is C36H27Br2Cl2N7O3. The standard InChI is InChI=1S/C36H27Br2Cl2N7O3/c37-22-18-25-34(26(38)19-22)42-33(17-21-9-4-6-15-29(21)41-35-27(39)13-8-14-28(35)40)46(36(25)48)44-32-20-31(24-12-5-7-16-30(24)47(49)50)45(43-32)23-10-2-1-3-11-23/h1-16,18-19,31,33,41-42H,17,20H2,(H,43,44). The number of nitro benzene ring substituents is 1. The van der Waals surface area contributed by atoms with Gasteiger partial charge < -0.3 is 10.6 Å². The number of carbonyl (C=O) groups is 1. The van der Waals surface area contributed by atoms with Crippen molar-refractivity contribution in [1.82, 2.24) is 10.4 Å². The third kappa shape index (κ3) is 6.76. The molecule has 0 spiro atoms. The van der Waals surface area contributed by atoms with Crippen LogP contribution < -0.4 is 21.1 Å². The van der Waals surface area contributed by atoms with Crippen molar-refractivity contribution in [3.8, 4) is 0 Å². The molecule has 10 nitrogen and oxygen atoms in total. The molecule has 2 aliphatic heterocycles. The minimum Gasteiger partial charge on any atom is -0.362 e. The van der Waals surface area contributed by atoms with Gasteiger partial charge >= 0.3 is 0 Å². The van der Waals surface area contributed by atoms with E-state index in [4.69, 9.17) is 28.3 Å². The van der Waals surface area contributed by atoms with Crippen LogP contribution >= 0.6 is 55.1 Å². The molecule has 0 radical (unpaired) electrons. The third-order valence-corrected chi connectivity index (χ3v) is 10.2. The Balaban J connectivity index is 1.26. The van der Waals surface area contributed by atoms with Crippen LogP contribution in [-0.2, 0) is 6.42 Å². The average Bonchev–Trinajstić information content (AvgIpc) is 3.53. The maximum Gasteiger partial charge on any atom is 0.276 e. The third-order valence-electron chi connectivity index (χ3n) is 8.45. The minimum absolute atomic E-state index is 0.00479. The highest BCUT2D eigenvalue weighted by atomic mass is 79.9. The number of nitro groups is 1. The molecule has 2 atom stereocenters. The first-order valence-corrected chi connectivity index (χ1v) is 17.8. The molecule has 2 aliphatic rings. The molecule has 0 aliphatic carbocycles. The zero-order valence-electron chi connectivity index (χ0n) is 26.0. The number of carbonyl (C=O) groups excluding carboxylic acids is 1. The fraction of sp³-hybridized carbons (Fsp3) is 0.111. The van der Waals surface area contributed by atoms with Gasteiger partial charge in [-0.2, -0.15) is 5.10 Å². The number of hydrogen-bond acceptors (Lipinski definition) is 8. The Morgan fingerprint density at radius 2 is 1.62 bits per heavy atom. The molecule has 0 bridgehead atoms. The topological polar surface area (TPSA) is 115 Å². The number of hydrogen-bond donors (Lipinski definition) is 3. The molecule has 0 saturated carbocycles. The molecule has 0 aromatic heterocycles. The molecule has 14 heteroatoms. The highest BCUT2D eigenvalue weighted by Crippen LogP contribution is 2.40. The number of amidine groups is 1. The fourth-order valence-corrected chi connectivity index (χ4v) is 7.99. The van der Waals surface area contributed by atoms with Crippen molar-refractivity contribution in [1.29, 1.82) is 0 Å². The number of fused-ring (bicyclic) bond motifs is 1. The van der Waals surface area contributed by atoms with E-state index in [0.717, 1.165) is 25.9 Å². The number of amides is 1. The van der Waals surface area contributed by atoms with Crippen LogP contribution in [0.2, 0.25) is 10.0 Å². The van der Waals surface area contributed by atoms with E-state index in [9.17, 15) is 14.9 Å². The number of halogens is 4. The van der Waals surface area contributed by atoms with Crippen LogP contribution in [0.5, 0.6) is 0 Å². The fourth-order valence-electron chi connectivity index (χ4n) is 6.16. The van der Waals surface area contributed by atoms with E-state index in [0.29, 0.717) is 44.8 Å². The Labute approximate surface area is 314 Å². The highest BCUT2D eigenvalue weighted by Gasteiger charge is 2.39. The lowest BCUT2D eigenvalue weighted by molar-refractivity contribution is -0.385. The van der Waals surface area contributed by atoms with Gasteiger partial charge in [-0.3, -0.25) is 25.3 Å². The summed E-state index contributed by atoms with van der Waals surface area (Å²) in [5.41, 5.74) is 7.90. The highest BCUT2D eigenvalue weighted by molar-refractivity contribution is 9.11. The number of nitrogens with one attached hydrogen (secondary N) is 3. The quantitative estimate of drug-likeness (QED) is 0.105. The molecular weight excluding hydrogens is 809 g/mol. The molecule has 252 valence electrons. The molecule has 2 unspecified atom stereocenters. The predicted octanol–water partition coefficient (Wildman–Crippen LogP) is 10.1. The molecule has 0 saturated heterocycles. The smallest absolute Gasteiger partial charge is 0.276 e. The monoisotopic (exact) mass is 833 g/mol. The number of anilines is 4. The maximum atomic E-state index is 14.4. The lowest BCUT2D eigenvalue weighted by Gasteiger charge is -2.39. The molecule has 5 aromatic rings. The number of hydrazine groups is 1. The second kappa shape index (κ2) is 14.3. The van der Waals surface area contributed by atoms with Crippen molar-refractivity contribution in [3.05, 3.63) is 155 Å². The summed E-state index contributed by atoms with van der Waals surface area (Å²) >= 11 is 20.2. The molecule has 50 heavy (non-hydrogen) atoms. The Hall–Kier alpha value is -4.62. The second-order valence-corrected chi connectivity index (χ2v) is 14.2. The summed E-state index contributed by atoms with van der Waals surface area (Å²) in [4.78, 5) is 26.1. The first-order valence-electron chi connectivity index (χ1n) is 15.5. The van der Waals surface area contributed by atoms with Crippen LogP contribution in [-0.4, -0.2) is 27.8 Å². The van der Waals surface area contributed by atoms with Gasteiger partial charge in [-0.25, -0.2) is 5.01 Å². The Morgan fingerprint density at radius 1 is 0.920 bits per heavy atom. The SMILES string of the molecule is O=C1c2cc(Br)cc(Br)c2NC(Cc2ccccc2Nc2c(Cl)cccc2Cl)N1NC1=NN(c2ccccc2)C(c2ccccc2[N+](=O)[O-])C1. The normalized spacial score (nSPS) is 16.8. The summed E-state index contributed by atoms with van der Waals surface area (Å²) in [5, 5.41) is 28.2. The van der Waals surface area contributed by atoms with Crippen molar-refractivity contribution >= 4 is 95.2 Å². The lowest BCUT2D eigenvalue weighted by atomic mass is 10.0. The van der Waals surface area contributed by atoms with Gasteiger partial charge in [0, 0.05) is 33.5 Å². The Morgan fingerprint density at radius 3 is 2.38 bits per heavy atom. The average molecular weight is 836 g/mol. The number of rotatable bonds is 8. The van der Waals surface area contributed by atoms with Crippen molar-refractivity contribution in [2.45, 2.75) is 25.0 Å². The zero-order chi connectivity index (χ0) is 34.9. The van der Waals surface area contributed by atoms with Crippen LogP contribution in [0.4, 0.5) is 28.4 Å². The van der Waals surface area contributed by atoms with Crippen LogP contribution in [0, 0.1) is 10.1 Å². The van der Waals surface area contributed by atoms with Crippen LogP contribution in [0.15, 0.2) is 123 Å². The van der Waals surface area contributed by atoms with Crippen molar-refractivity contribution in [2.24, 2.45) is 5.10 Å². The number of para-hydroxylation sites is 4. The van der Waals surface area contributed by atoms with Crippen LogP contribution in [0.3, 0.4) is 0 Å². The van der Waals surface area contributed by atoms with Crippen LogP contribution in [0.25, 0.3) is 0 Å². The largest absolute Gasteiger partial charge is 0.362 e. The molecule has 3 N–H and O–H groups in total. The van der Waals surface area contributed by atoms with Crippen molar-refractivity contribution in [3.63, 3.8) is 0 Å². The lowest BCUT2D eigenvalue weighted by Crippen LogP contribution is -2.58. The summed E-state index contributed by atoms with van der Waals surface area (Å²) in [6.07, 6.45) is 0.0269. The van der Waals surface area contributed by atoms with Gasteiger partial charge in [-0.1, -0.05) is 93.7 Å². The van der Waals surface area contributed by atoms with Gasteiger partial charge in [0.1, 0.15) is 12.0 Å². The van der Waals surface area contributed by atoms with E-state index < -0.39 is 12.2 Å². The maximum absolute atomic E-state index is 14.4. The Bertz CT molecular complexity index is 2130. The summed E-state index contributed by atoms with van der Waals surface area (Å²) in [7, 11) is 0. The first kappa shape index (κ1) is 33.9. The van der Waals surface area contributed by atoms with Gasteiger partial charge in [0.25, 0.3) is 11.6 Å². The molecule has 2 heterocycles. The van der Waals surface area contributed by atoms with Crippen LogP contribution in [0.1, 0.15) is 33.9 Å². The zero-order valence-corrected chi connectivity index (χ0v) is 30.7. The molecule has 1 amide bonds. The summed E-state index contributed by atoms with van der Waals surface area (Å²) in [6, 6.07) is 32.3. The number of nitrogens with zero attached hydrogens (tertiary/aromatic N) is 4. The van der Waals surface area contributed by atoms with Gasteiger partial charge in [-0.15, -0.1) is 0 Å². The van der Waals surface area contributed by atoms with E-state index >= 15 is 0 Å². The van der Waals surface area contributed by atoms with E-state index in [2.05, 4.69) is 47.9 Å². The van der Waals surface area contributed by atoms with E-state index in [1.165, 1.54) is 11.1 Å². The number of hydrazone groups is 1. The van der Waals surface area contributed by atoms with E-state index in [1.54, 1.807) is 47.5 Å². The summed E-state index contributed by atoms with van der Waals surface area (Å²) < 4.78 is 1.45. The Kier molecular flexibility index (Phi) is 9.69. The predicted molar refractivity (Wildman–Crippen MR) is 205 cm³/mol. The van der Waals surface area contributed by atoms with Gasteiger partial charge in [-0.05, 0) is 70.0 Å². The summed E-state index contributed by atoms with van der Waals surface area (Å²) in [5.74, 6) is 0.178. The van der Waals surface area contributed by atoms with Gasteiger partial charge in [0.2, 0.25) is 0 Å². The minimum atomic E-state index is -0.602. The number of benzene rings is 5. The molecule has 0 fully saturated rings. The van der Waals surface area contributed by atoms with E-state index in [1.807, 2.05) is 60.7 Å². The van der Waals surface area contributed by atoms with Crippen molar-refractivity contribution < 1.29 is 9.72 Å². The molecule has 7 rings (SSSR count). The first-order chi connectivity index (χ1) is 24.2.